The number of rotatable bonds is 4. The van der Waals surface area contributed by atoms with Gasteiger partial charge in [-0.15, -0.1) is 0 Å². The first-order chi connectivity index (χ1) is 6.54. The lowest BCUT2D eigenvalue weighted by atomic mass is 10.0. The van der Waals surface area contributed by atoms with Crippen molar-refractivity contribution in [2.45, 2.75) is 25.7 Å². The van der Waals surface area contributed by atoms with Crippen molar-refractivity contribution in [2.75, 3.05) is 6.54 Å². The minimum Gasteiger partial charge on any atom is -0.330 e. The maximum atomic E-state index is 12.8. The van der Waals surface area contributed by atoms with E-state index in [4.69, 9.17) is 5.73 Å². The second kappa shape index (κ2) is 4.51. The molecule has 14 heavy (non-hydrogen) atoms. The van der Waals surface area contributed by atoms with Crippen molar-refractivity contribution in [3.8, 4) is 0 Å². The lowest BCUT2D eigenvalue weighted by molar-refractivity contribution is 0.0174. The highest BCUT2D eigenvalue weighted by atomic mass is 19.3. The molecule has 0 aliphatic rings. The normalized spacial score (nSPS) is 11.7. The van der Waals surface area contributed by atoms with Crippen molar-refractivity contribution >= 4 is 0 Å². The van der Waals surface area contributed by atoms with Crippen LogP contribution in [-0.4, -0.2) is 6.54 Å². The molecule has 0 aromatic heterocycles. The highest BCUT2D eigenvalue weighted by Crippen LogP contribution is 2.26. The van der Waals surface area contributed by atoms with E-state index in [1.54, 1.807) is 12.1 Å². The minimum atomic E-state index is -2.74. The van der Waals surface area contributed by atoms with Gasteiger partial charge in [0.2, 0.25) is 0 Å². The number of alkyl halides is 2. The van der Waals surface area contributed by atoms with Gasteiger partial charge >= 0.3 is 0 Å². The first-order valence-electron chi connectivity index (χ1n) is 4.71. The van der Waals surface area contributed by atoms with E-state index in [1.807, 2.05) is 0 Å². The second-order valence-electron chi connectivity index (χ2n) is 3.48. The molecule has 1 nitrogen and oxygen atoms in total. The number of nitrogens with two attached hydrogens (primary N) is 1. The average molecular weight is 199 g/mol. The Balaban J connectivity index is 2.69. The molecule has 0 bridgehead atoms. The Hall–Kier alpha value is -0.960. The van der Waals surface area contributed by atoms with Crippen molar-refractivity contribution in [3.63, 3.8) is 0 Å². The minimum absolute atomic E-state index is 0.0639. The SMILES string of the molecule is CC(F)(F)c1ccc(CCCN)cc1. The van der Waals surface area contributed by atoms with Crippen LogP contribution in [0.2, 0.25) is 0 Å². The maximum Gasteiger partial charge on any atom is 0.270 e. The van der Waals surface area contributed by atoms with Crippen LogP contribution in [0, 0.1) is 0 Å². The van der Waals surface area contributed by atoms with Crippen LogP contribution in [0.15, 0.2) is 24.3 Å². The molecular formula is C11H15F2N. The predicted octanol–water partition coefficient (Wildman–Crippen LogP) is 2.69. The summed E-state index contributed by atoms with van der Waals surface area (Å²) in [5.74, 6) is -2.74. The van der Waals surface area contributed by atoms with E-state index in [0.29, 0.717) is 6.54 Å². The van der Waals surface area contributed by atoms with E-state index in [-0.39, 0.29) is 5.56 Å². The molecule has 0 saturated carbocycles. The molecule has 0 aliphatic carbocycles. The third-order valence-electron chi connectivity index (χ3n) is 2.13. The number of hydrogen-bond acceptors (Lipinski definition) is 1. The second-order valence-corrected chi connectivity index (χ2v) is 3.48. The van der Waals surface area contributed by atoms with E-state index in [0.717, 1.165) is 25.3 Å². The van der Waals surface area contributed by atoms with Gasteiger partial charge in [0.05, 0.1) is 0 Å². The molecule has 0 aliphatic heterocycles. The van der Waals surface area contributed by atoms with Crippen LogP contribution in [0.3, 0.4) is 0 Å². The lowest BCUT2D eigenvalue weighted by Crippen LogP contribution is -2.06. The molecule has 78 valence electrons. The molecule has 0 fully saturated rings. The fourth-order valence-corrected chi connectivity index (χ4v) is 1.27. The van der Waals surface area contributed by atoms with Crippen LogP contribution in [-0.2, 0) is 12.3 Å². The molecule has 1 rings (SSSR count). The van der Waals surface area contributed by atoms with Crippen LogP contribution in [0.4, 0.5) is 8.78 Å². The molecule has 2 N–H and O–H groups in total. The lowest BCUT2D eigenvalue weighted by Gasteiger charge is -2.10. The van der Waals surface area contributed by atoms with E-state index >= 15 is 0 Å². The van der Waals surface area contributed by atoms with Gasteiger partial charge in [0.25, 0.3) is 5.92 Å². The van der Waals surface area contributed by atoms with Gasteiger partial charge in [-0.3, -0.25) is 0 Å². The summed E-state index contributed by atoms with van der Waals surface area (Å²) in [5, 5.41) is 0. The number of halogens is 2. The fourth-order valence-electron chi connectivity index (χ4n) is 1.27. The van der Waals surface area contributed by atoms with E-state index in [1.165, 1.54) is 12.1 Å². The standard InChI is InChI=1S/C11H15F2N/c1-11(12,13)10-6-4-9(5-7-10)3-2-8-14/h4-7H,2-3,8,14H2,1H3. The van der Waals surface area contributed by atoms with E-state index in [9.17, 15) is 8.78 Å². The summed E-state index contributed by atoms with van der Waals surface area (Å²) in [5.41, 5.74) is 6.48. The summed E-state index contributed by atoms with van der Waals surface area (Å²) < 4.78 is 25.6. The number of hydrogen-bond donors (Lipinski definition) is 1. The largest absolute Gasteiger partial charge is 0.330 e. The third kappa shape index (κ3) is 3.07. The Bertz CT molecular complexity index is 274. The summed E-state index contributed by atoms with van der Waals surface area (Å²) >= 11 is 0. The first kappa shape index (κ1) is 11.1. The third-order valence-corrected chi connectivity index (χ3v) is 2.13. The number of benzene rings is 1. The van der Waals surface area contributed by atoms with Gasteiger partial charge in [0.15, 0.2) is 0 Å². The molecule has 1 aromatic rings. The van der Waals surface area contributed by atoms with Gasteiger partial charge in [-0.1, -0.05) is 24.3 Å². The Labute approximate surface area is 82.9 Å². The Morgan fingerprint density at radius 1 is 1.21 bits per heavy atom. The van der Waals surface area contributed by atoms with E-state index < -0.39 is 5.92 Å². The Morgan fingerprint density at radius 2 is 1.79 bits per heavy atom. The van der Waals surface area contributed by atoms with Gasteiger partial charge in [-0.05, 0) is 24.9 Å². The monoisotopic (exact) mass is 199 g/mol. The fraction of sp³-hybridized carbons (Fsp3) is 0.455. The highest BCUT2D eigenvalue weighted by molar-refractivity contribution is 5.25. The highest BCUT2D eigenvalue weighted by Gasteiger charge is 2.23. The molecule has 0 atom stereocenters. The molecule has 0 radical (unpaired) electrons. The van der Waals surface area contributed by atoms with Crippen molar-refractivity contribution in [1.29, 1.82) is 0 Å². The van der Waals surface area contributed by atoms with E-state index in [2.05, 4.69) is 0 Å². The average Bonchev–Trinajstić information content (AvgIpc) is 2.14. The summed E-state index contributed by atoms with van der Waals surface area (Å²) in [4.78, 5) is 0. The zero-order chi connectivity index (χ0) is 10.6. The molecule has 0 saturated heterocycles. The maximum absolute atomic E-state index is 12.8. The van der Waals surface area contributed by atoms with Crippen LogP contribution >= 0.6 is 0 Å². The van der Waals surface area contributed by atoms with Crippen LogP contribution in [0.25, 0.3) is 0 Å². The summed E-state index contributed by atoms with van der Waals surface area (Å²) in [6.07, 6.45) is 1.74. The molecular weight excluding hydrogens is 184 g/mol. The number of aryl methyl sites for hydroxylation is 1. The Morgan fingerprint density at radius 3 is 2.21 bits per heavy atom. The summed E-state index contributed by atoms with van der Waals surface area (Å²) in [7, 11) is 0. The summed E-state index contributed by atoms with van der Waals surface area (Å²) in [6, 6.07) is 6.43. The van der Waals surface area contributed by atoms with Crippen LogP contribution < -0.4 is 5.73 Å². The van der Waals surface area contributed by atoms with Crippen molar-refractivity contribution < 1.29 is 8.78 Å². The summed E-state index contributed by atoms with van der Waals surface area (Å²) in [6.45, 7) is 1.54. The topological polar surface area (TPSA) is 26.0 Å². The molecule has 0 unspecified atom stereocenters. The quantitative estimate of drug-likeness (QED) is 0.792. The molecule has 0 amide bonds. The first-order valence-corrected chi connectivity index (χ1v) is 4.71. The Kier molecular flexibility index (Phi) is 3.58. The van der Waals surface area contributed by atoms with Gasteiger partial charge in [0, 0.05) is 12.5 Å². The zero-order valence-electron chi connectivity index (χ0n) is 8.26. The van der Waals surface area contributed by atoms with Gasteiger partial charge in [-0.2, -0.15) is 0 Å². The molecule has 0 spiro atoms. The van der Waals surface area contributed by atoms with Crippen molar-refractivity contribution in [3.05, 3.63) is 35.4 Å². The van der Waals surface area contributed by atoms with Crippen LogP contribution in [0.1, 0.15) is 24.5 Å². The zero-order valence-corrected chi connectivity index (χ0v) is 8.26. The molecule has 0 heterocycles. The molecule has 3 heteroatoms. The molecule has 1 aromatic carbocycles. The van der Waals surface area contributed by atoms with Crippen molar-refractivity contribution in [2.24, 2.45) is 5.73 Å². The predicted molar refractivity (Wildman–Crippen MR) is 53.4 cm³/mol. The van der Waals surface area contributed by atoms with Gasteiger partial charge in [0.1, 0.15) is 0 Å². The smallest absolute Gasteiger partial charge is 0.270 e. The van der Waals surface area contributed by atoms with Crippen molar-refractivity contribution in [1.82, 2.24) is 0 Å². The van der Waals surface area contributed by atoms with Crippen LogP contribution in [0.5, 0.6) is 0 Å². The van der Waals surface area contributed by atoms with Gasteiger partial charge in [-0.25, -0.2) is 8.78 Å². The van der Waals surface area contributed by atoms with Gasteiger partial charge < -0.3 is 5.73 Å².